The first-order valence-electron chi connectivity index (χ1n) is 5.27. The monoisotopic (exact) mass is 234 g/mol. The van der Waals surface area contributed by atoms with Crippen LogP contribution >= 0.6 is 0 Å². The van der Waals surface area contributed by atoms with Gasteiger partial charge in [-0.1, -0.05) is 5.16 Å². The van der Waals surface area contributed by atoms with Gasteiger partial charge in [0.15, 0.2) is 5.76 Å². The predicted octanol–water partition coefficient (Wildman–Crippen LogP) is 1.83. The first-order chi connectivity index (χ1) is 8.16. The molecule has 6 heteroatoms. The molecule has 1 fully saturated rings. The number of carboxylic acid groups (broad SMARTS) is 1. The number of aromatic nitrogens is 2. The van der Waals surface area contributed by atoms with E-state index in [2.05, 4.69) is 10.1 Å². The fourth-order valence-corrected chi connectivity index (χ4v) is 1.82. The largest absolute Gasteiger partial charge is 0.481 e. The average Bonchev–Trinajstić information content (AvgIpc) is 2.75. The highest BCUT2D eigenvalue weighted by Gasteiger charge is 2.48. The van der Waals surface area contributed by atoms with Gasteiger partial charge in [-0.15, -0.1) is 0 Å². The van der Waals surface area contributed by atoms with Gasteiger partial charge in [0, 0.05) is 0 Å². The van der Waals surface area contributed by atoms with Crippen molar-refractivity contribution in [3.63, 3.8) is 0 Å². The third-order valence-electron chi connectivity index (χ3n) is 2.93. The highest BCUT2D eigenvalue weighted by Crippen LogP contribution is 2.47. The van der Waals surface area contributed by atoms with Gasteiger partial charge < -0.3 is 14.0 Å². The van der Waals surface area contributed by atoms with E-state index < -0.39 is 5.97 Å². The maximum Gasteiger partial charge on any atom is 0.307 e. The zero-order chi connectivity index (χ0) is 12.0. The number of rotatable bonds is 3. The lowest BCUT2D eigenvalue weighted by Gasteiger charge is -1.88. The second kappa shape index (κ2) is 3.44. The molecule has 2 aromatic heterocycles. The van der Waals surface area contributed by atoms with Crippen molar-refractivity contribution >= 4 is 5.97 Å². The Bertz CT molecular complexity index is 572. The van der Waals surface area contributed by atoms with Crippen LogP contribution in [0.3, 0.4) is 0 Å². The molecule has 1 N–H and O–H groups in total. The fraction of sp³-hybridized carbons (Fsp3) is 0.364. The van der Waals surface area contributed by atoms with Crippen molar-refractivity contribution in [3.8, 4) is 11.6 Å². The summed E-state index contributed by atoms with van der Waals surface area (Å²) in [6, 6.07) is 1.81. The summed E-state index contributed by atoms with van der Waals surface area (Å²) in [6.45, 7) is 1.88. The minimum Gasteiger partial charge on any atom is -0.481 e. The van der Waals surface area contributed by atoms with Crippen molar-refractivity contribution < 1.29 is 18.8 Å². The van der Waals surface area contributed by atoms with Gasteiger partial charge in [0.1, 0.15) is 0 Å². The molecule has 2 atom stereocenters. The molecule has 88 valence electrons. The Morgan fingerprint density at radius 2 is 2.41 bits per heavy atom. The summed E-state index contributed by atoms with van der Waals surface area (Å²) in [6.07, 6.45) is 2.12. The molecule has 17 heavy (non-hydrogen) atoms. The Hall–Kier alpha value is -2.11. The van der Waals surface area contributed by atoms with Gasteiger partial charge in [-0.05, 0) is 25.0 Å². The first kappa shape index (κ1) is 10.1. The zero-order valence-corrected chi connectivity index (χ0v) is 9.08. The first-order valence-corrected chi connectivity index (χ1v) is 5.27. The van der Waals surface area contributed by atoms with Crippen LogP contribution in [0.25, 0.3) is 11.6 Å². The molecule has 0 aromatic carbocycles. The fourth-order valence-electron chi connectivity index (χ4n) is 1.82. The summed E-state index contributed by atoms with van der Waals surface area (Å²) in [5, 5.41) is 12.6. The lowest BCUT2D eigenvalue weighted by atomic mass is 10.3. The van der Waals surface area contributed by atoms with Crippen LogP contribution in [0.5, 0.6) is 0 Å². The molecule has 0 saturated heterocycles. The molecule has 0 spiro atoms. The highest BCUT2D eigenvalue weighted by molar-refractivity contribution is 5.74. The molecule has 6 nitrogen and oxygen atoms in total. The summed E-state index contributed by atoms with van der Waals surface area (Å²) in [7, 11) is 0. The quantitative estimate of drug-likeness (QED) is 0.871. The van der Waals surface area contributed by atoms with Gasteiger partial charge in [0.25, 0.3) is 0 Å². The summed E-state index contributed by atoms with van der Waals surface area (Å²) in [4.78, 5) is 14.9. The Labute approximate surface area is 96.2 Å². The molecule has 1 aliphatic rings. The normalized spacial score (nSPS) is 22.6. The lowest BCUT2D eigenvalue weighted by Crippen LogP contribution is -1.98. The van der Waals surface area contributed by atoms with Crippen LogP contribution in [-0.4, -0.2) is 21.2 Å². The van der Waals surface area contributed by atoms with E-state index in [1.54, 1.807) is 6.26 Å². The van der Waals surface area contributed by atoms with Crippen LogP contribution in [0.2, 0.25) is 0 Å². The van der Waals surface area contributed by atoms with Crippen molar-refractivity contribution in [1.29, 1.82) is 0 Å². The summed E-state index contributed by atoms with van der Waals surface area (Å²) in [5.74, 6) is -0.0387. The van der Waals surface area contributed by atoms with Crippen LogP contribution in [0, 0.1) is 12.8 Å². The van der Waals surface area contributed by atoms with E-state index in [9.17, 15) is 4.79 Å². The maximum atomic E-state index is 10.7. The van der Waals surface area contributed by atoms with Crippen molar-refractivity contribution in [1.82, 2.24) is 10.1 Å². The number of carboxylic acids is 1. The zero-order valence-electron chi connectivity index (χ0n) is 9.08. The Balaban J connectivity index is 1.85. The van der Waals surface area contributed by atoms with E-state index in [1.807, 2.05) is 13.0 Å². The standard InChI is InChI=1S/C11H10N2O4/c1-5-2-3-16-8(5)9-12-10(17-13-9)6-4-7(6)11(14)15/h2-3,6-7H,4H2,1H3,(H,14,15). The molecule has 2 unspecified atom stereocenters. The molecule has 1 saturated carbocycles. The van der Waals surface area contributed by atoms with E-state index in [0.717, 1.165) is 5.56 Å². The smallest absolute Gasteiger partial charge is 0.307 e. The van der Waals surface area contributed by atoms with Crippen LogP contribution in [0.15, 0.2) is 21.3 Å². The number of carbonyl (C=O) groups is 1. The number of furan rings is 1. The Morgan fingerprint density at radius 3 is 3.00 bits per heavy atom. The number of hydrogen-bond acceptors (Lipinski definition) is 5. The predicted molar refractivity (Wildman–Crippen MR) is 55.2 cm³/mol. The number of hydrogen-bond donors (Lipinski definition) is 1. The maximum absolute atomic E-state index is 10.7. The van der Waals surface area contributed by atoms with Gasteiger partial charge in [0.2, 0.25) is 11.7 Å². The van der Waals surface area contributed by atoms with Gasteiger partial charge in [-0.25, -0.2) is 0 Å². The number of aliphatic carboxylic acids is 1. The average molecular weight is 234 g/mol. The highest BCUT2D eigenvalue weighted by atomic mass is 16.5. The van der Waals surface area contributed by atoms with Gasteiger partial charge in [0.05, 0.1) is 18.1 Å². The van der Waals surface area contributed by atoms with E-state index in [4.69, 9.17) is 14.0 Å². The summed E-state index contributed by atoms with van der Waals surface area (Å²) < 4.78 is 10.3. The van der Waals surface area contributed by atoms with Crippen LogP contribution in [0.4, 0.5) is 0 Å². The third kappa shape index (κ3) is 1.61. The van der Waals surface area contributed by atoms with E-state index in [-0.39, 0.29) is 11.8 Å². The van der Waals surface area contributed by atoms with Gasteiger partial charge >= 0.3 is 5.97 Å². The minimum absolute atomic E-state index is 0.149. The SMILES string of the molecule is Cc1ccoc1-c1noc(C2CC2C(=O)O)n1. The third-order valence-corrected chi connectivity index (χ3v) is 2.93. The van der Waals surface area contributed by atoms with Gasteiger partial charge in [-0.2, -0.15) is 4.98 Å². The molecule has 0 aliphatic heterocycles. The molecular formula is C11H10N2O4. The lowest BCUT2D eigenvalue weighted by molar-refractivity contribution is -0.138. The second-order valence-electron chi connectivity index (χ2n) is 4.18. The van der Waals surface area contributed by atoms with Crippen LogP contribution in [-0.2, 0) is 4.79 Å². The van der Waals surface area contributed by atoms with Crippen LogP contribution < -0.4 is 0 Å². The molecule has 0 bridgehead atoms. The second-order valence-corrected chi connectivity index (χ2v) is 4.18. The molecular weight excluding hydrogens is 224 g/mol. The molecule has 0 amide bonds. The number of aryl methyl sites for hydroxylation is 1. The molecule has 3 rings (SSSR count). The molecule has 1 aliphatic carbocycles. The van der Waals surface area contributed by atoms with Gasteiger partial charge in [-0.3, -0.25) is 4.79 Å². The molecule has 0 radical (unpaired) electrons. The molecule has 2 heterocycles. The topological polar surface area (TPSA) is 89.4 Å². The Kier molecular flexibility index (Phi) is 2.04. The van der Waals surface area contributed by atoms with E-state index in [0.29, 0.717) is 23.9 Å². The van der Waals surface area contributed by atoms with Crippen molar-refractivity contribution in [2.24, 2.45) is 5.92 Å². The summed E-state index contributed by atoms with van der Waals surface area (Å²) in [5.41, 5.74) is 0.919. The minimum atomic E-state index is -0.816. The Morgan fingerprint density at radius 1 is 1.59 bits per heavy atom. The molecule has 2 aromatic rings. The summed E-state index contributed by atoms with van der Waals surface area (Å²) >= 11 is 0. The van der Waals surface area contributed by atoms with Crippen molar-refractivity contribution in [2.75, 3.05) is 0 Å². The van der Waals surface area contributed by atoms with Crippen molar-refractivity contribution in [2.45, 2.75) is 19.3 Å². The van der Waals surface area contributed by atoms with Crippen LogP contribution in [0.1, 0.15) is 23.8 Å². The van der Waals surface area contributed by atoms with Crippen molar-refractivity contribution in [3.05, 3.63) is 23.8 Å². The van der Waals surface area contributed by atoms with E-state index in [1.165, 1.54) is 0 Å². The van der Waals surface area contributed by atoms with E-state index >= 15 is 0 Å². The number of nitrogens with zero attached hydrogens (tertiary/aromatic N) is 2.